The molecule has 2 aromatic carbocycles. The van der Waals surface area contributed by atoms with E-state index >= 15 is 0 Å². The van der Waals surface area contributed by atoms with Gasteiger partial charge in [-0.05, 0) is 66.3 Å². The predicted octanol–water partition coefficient (Wildman–Crippen LogP) is 4.03. The molecule has 1 N–H and O–H groups in total. The first-order valence-corrected chi connectivity index (χ1v) is 7.95. The van der Waals surface area contributed by atoms with E-state index in [1.807, 2.05) is 18.2 Å². The van der Waals surface area contributed by atoms with E-state index in [9.17, 15) is 9.59 Å². The fraction of sp³-hybridized carbons (Fsp3) is 0.176. The van der Waals surface area contributed by atoms with Gasteiger partial charge in [0.2, 0.25) is 0 Å². The number of carbonyl (C=O) groups is 2. The summed E-state index contributed by atoms with van der Waals surface area (Å²) in [5.74, 6) is -0.584. The van der Waals surface area contributed by atoms with Gasteiger partial charge in [-0.1, -0.05) is 18.2 Å². The summed E-state index contributed by atoms with van der Waals surface area (Å²) in [7, 11) is 0. The van der Waals surface area contributed by atoms with Gasteiger partial charge in [0.25, 0.3) is 5.91 Å². The Kier molecular flexibility index (Phi) is 5.54. The topological polar surface area (TPSA) is 55.4 Å². The van der Waals surface area contributed by atoms with Gasteiger partial charge in [0.15, 0.2) is 0 Å². The fourth-order valence-electron chi connectivity index (χ4n) is 2.04. The average molecular weight is 409 g/mol. The van der Waals surface area contributed by atoms with Crippen molar-refractivity contribution in [3.05, 3.63) is 62.7 Å². The lowest BCUT2D eigenvalue weighted by Gasteiger charge is -2.12. The minimum atomic E-state index is -0.384. The van der Waals surface area contributed by atoms with E-state index in [0.29, 0.717) is 29.0 Å². The van der Waals surface area contributed by atoms with E-state index in [4.69, 9.17) is 4.74 Å². The number of hydrogen-bond donors (Lipinski definition) is 1. The zero-order valence-electron chi connectivity index (χ0n) is 12.4. The van der Waals surface area contributed by atoms with E-state index in [2.05, 4.69) is 27.9 Å². The molecular weight excluding hydrogens is 393 g/mol. The lowest BCUT2D eigenvalue weighted by atomic mass is 10.1. The van der Waals surface area contributed by atoms with E-state index in [1.165, 1.54) is 0 Å². The van der Waals surface area contributed by atoms with Crippen LogP contribution in [0.15, 0.2) is 42.5 Å². The Morgan fingerprint density at radius 3 is 2.45 bits per heavy atom. The largest absolute Gasteiger partial charge is 0.462 e. The molecule has 0 heterocycles. The highest BCUT2D eigenvalue weighted by Crippen LogP contribution is 2.21. The monoisotopic (exact) mass is 409 g/mol. The third-order valence-electron chi connectivity index (χ3n) is 3.20. The van der Waals surface area contributed by atoms with Gasteiger partial charge < -0.3 is 10.1 Å². The summed E-state index contributed by atoms with van der Waals surface area (Å²) in [4.78, 5) is 24.3. The van der Waals surface area contributed by atoms with Crippen molar-refractivity contribution in [2.75, 3.05) is 11.9 Å². The Bertz CT molecular complexity index is 713. The van der Waals surface area contributed by atoms with Crippen LogP contribution in [0.5, 0.6) is 0 Å². The maximum atomic E-state index is 12.4. The Hall–Kier alpha value is -1.89. The SMILES string of the molecule is CCOC(=O)c1cccc(NC(=O)c2ccccc2I)c1C. The lowest BCUT2D eigenvalue weighted by molar-refractivity contribution is 0.0525. The molecule has 0 aliphatic carbocycles. The van der Waals surface area contributed by atoms with E-state index in [-0.39, 0.29) is 11.9 Å². The molecule has 0 aliphatic heterocycles. The fourth-order valence-corrected chi connectivity index (χ4v) is 2.67. The maximum absolute atomic E-state index is 12.4. The van der Waals surface area contributed by atoms with Gasteiger partial charge >= 0.3 is 5.97 Å². The molecule has 0 saturated heterocycles. The molecule has 22 heavy (non-hydrogen) atoms. The van der Waals surface area contributed by atoms with Crippen LogP contribution in [0.3, 0.4) is 0 Å². The molecule has 0 saturated carbocycles. The zero-order valence-corrected chi connectivity index (χ0v) is 14.5. The minimum absolute atomic E-state index is 0.200. The van der Waals surface area contributed by atoms with Crippen LogP contribution in [-0.4, -0.2) is 18.5 Å². The first-order valence-electron chi connectivity index (χ1n) is 6.87. The summed E-state index contributed by atoms with van der Waals surface area (Å²) in [6.07, 6.45) is 0. The molecule has 0 aromatic heterocycles. The highest BCUT2D eigenvalue weighted by molar-refractivity contribution is 14.1. The third kappa shape index (κ3) is 3.65. The minimum Gasteiger partial charge on any atom is -0.462 e. The number of hydrogen-bond acceptors (Lipinski definition) is 3. The standard InChI is InChI=1S/C17H16INO3/c1-3-22-17(21)12-8-6-10-15(11(12)2)19-16(20)13-7-4-5-9-14(13)18/h4-10H,3H2,1-2H3,(H,19,20). The van der Waals surface area contributed by atoms with Gasteiger partial charge in [-0.3, -0.25) is 4.79 Å². The smallest absolute Gasteiger partial charge is 0.338 e. The Balaban J connectivity index is 2.27. The van der Waals surface area contributed by atoms with Crippen LogP contribution in [0.4, 0.5) is 5.69 Å². The van der Waals surface area contributed by atoms with E-state index in [0.717, 1.165) is 3.57 Å². The normalized spacial score (nSPS) is 10.1. The molecule has 0 aliphatic rings. The second kappa shape index (κ2) is 7.40. The van der Waals surface area contributed by atoms with Crippen molar-refractivity contribution in [2.24, 2.45) is 0 Å². The average Bonchev–Trinajstić information content (AvgIpc) is 2.50. The molecule has 0 bridgehead atoms. The first-order chi connectivity index (χ1) is 10.5. The number of nitrogens with one attached hydrogen (secondary N) is 1. The number of ether oxygens (including phenoxy) is 1. The molecule has 0 radical (unpaired) electrons. The highest BCUT2D eigenvalue weighted by atomic mass is 127. The number of halogens is 1. The molecule has 0 spiro atoms. The summed E-state index contributed by atoms with van der Waals surface area (Å²) >= 11 is 2.12. The van der Waals surface area contributed by atoms with Crippen LogP contribution >= 0.6 is 22.6 Å². The van der Waals surface area contributed by atoms with Crippen molar-refractivity contribution in [1.29, 1.82) is 0 Å². The molecule has 0 fully saturated rings. The number of benzene rings is 2. The second-order valence-corrected chi connectivity index (χ2v) is 5.79. The van der Waals surface area contributed by atoms with Crippen LogP contribution in [-0.2, 0) is 4.74 Å². The Labute approximate surface area is 143 Å². The summed E-state index contributed by atoms with van der Waals surface area (Å²) < 4.78 is 5.89. The van der Waals surface area contributed by atoms with E-state index < -0.39 is 0 Å². The number of carbonyl (C=O) groups excluding carboxylic acids is 2. The van der Waals surface area contributed by atoms with Gasteiger partial charge in [0, 0.05) is 9.26 Å². The van der Waals surface area contributed by atoms with Crippen molar-refractivity contribution in [3.63, 3.8) is 0 Å². The summed E-state index contributed by atoms with van der Waals surface area (Å²) in [6.45, 7) is 3.87. The third-order valence-corrected chi connectivity index (χ3v) is 4.14. The number of esters is 1. The number of amides is 1. The predicted molar refractivity (Wildman–Crippen MR) is 94.2 cm³/mol. The molecule has 5 heteroatoms. The Morgan fingerprint density at radius 1 is 1.09 bits per heavy atom. The first kappa shape index (κ1) is 16.5. The van der Waals surface area contributed by atoms with Crippen molar-refractivity contribution < 1.29 is 14.3 Å². The molecule has 114 valence electrons. The molecule has 0 unspecified atom stereocenters. The van der Waals surface area contributed by atoms with Crippen molar-refractivity contribution in [2.45, 2.75) is 13.8 Å². The van der Waals surface area contributed by atoms with Gasteiger partial charge in [-0.15, -0.1) is 0 Å². The molecule has 4 nitrogen and oxygen atoms in total. The van der Waals surface area contributed by atoms with Crippen LogP contribution in [0, 0.1) is 10.5 Å². The van der Waals surface area contributed by atoms with Gasteiger partial charge in [0.1, 0.15) is 0 Å². The highest BCUT2D eigenvalue weighted by Gasteiger charge is 2.15. The lowest BCUT2D eigenvalue weighted by Crippen LogP contribution is -2.15. The summed E-state index contributed by atoms with van der Waals surface area (Å²) in [5.41, 5.74) is 2.36. The number of anilines is 1. The van der Waals surface area contributed by atoms with Gasteiger partial charge in [0.05, 0.1) is 17.7 Å². The molecule has 2 aromatic rings. The molecule has 0 atom stereocenters. The van der Waals surface area contributed by atoms with Crippen molar-refractivity contribution >= 4 is 40.2 Å². The second-order valence-electron chi connectivity index (χ2n) is 4.63. The zero-order chi connectivity index (χ0) is 16.1. The molecule has 2 rings (SSSR count). The van der Waals surface area contributed by atoms with Crippen molar-refractivity contribution in [1.82, 2.24) is 0 Å². The van der Waals surface area contributed by atoms with Crippen LogP contribution < -0.4 is 5.32 Å². The van der Waals surface area contributed by atoms with Crippen molar-refractivity contribution in [3.8, 4) is 0 Å². The quantitative estimate of drug-likeness (QED) is 0.613. The van der Waals surface area contributed by atoms with Crippen LogP contribution in [0.25, 0.3) is 0 Å². The number of rotatable bonds is 4. The Morgan fingerprint density at radius 2 is 1.77 bits per heavy atom. The summed E-state index contributed by atoms with van der Waals surface area (Å²) in [6, 6.07) is 12.5. The van der Waals surface area contributed by atoms with Gasteiger partial charge in [-0.25, -0.2) is 4.79 Å². The van der Waals surface area contributed by atoms with Crippen LogP contribution in [0.1, 0.15) is 33.2 Å². The van der Waals surface area contributed by atoms with Gasteiger partial charge in [-0.2, -0.15) is 0 Å². The molecular formula is C17H16INO3. The molecule has 1 amide bonds. The summed E-state index contributed by atoms with van der Waals surface area (Å²) in [5, 5.41) is 2.85. The van der Waals surface area contributed by atoms with Crippen LogP contribution in [0.2, 0.25) is 0 Å². The van der Waals surface area contributed by atoms with E-state index in [1.54, 1.807) is 38.1 Å². The maximum Gasteiger partial charge on any atom is 0.338 e.